The maximum atomic E-state index is 12.5. The van der Waals surface area contributed by atoms with Crippen molar-refractivity contribution >= 4 is 11.8 Å². The second-order valence-corrected chi connectivity index (χ2v) is 5.70. The van der Waals surface area contributed by atoms with Gasteiger partial charge in [0.2, 0.25) is 17.7 Å². The number of carbonyl (C=O) groups excluding carboxylic acids is 2. The van der Waals surface area contributed by atoms with Gasteiger partial charge in [0.1, 0.15) is 24.4 Å². The van der Waals surface area contributed by atoms with E-state index in [2.05, 4.69) is 10.3 Å². The average Bonchev–Trinajstić information content (AvgIpc) is 2.78. The molecule has 1 aliphatic rings. The van der Waals surface area contributed by atoms with E-state index in [9.17, 15) is 9.59 Å². The fourth-order valence-electron chi connectivity index (χ4n) is 2.39. The summed E-state index contributed by atoms with van der Waals surface area (Å²) in [6.07, 6.45) is 2.25. The van der Waals surface area contributed by atoms with Crippen molar-refractivity contribution in [1.82, 2.24) is 15.2 Å². The first-order valence-corrected chi connectivity index (χ1v) is 6.90. The van der Waals surface area contributed by atoms with Crippen molar-refractivity contribution in [2.24, 2.45) is 5.92 Å². The Morgan fingerprint density at radius 3 is 2.70 bits per heavy atom. The van der Waals surface area contributed by atoms with E-state index in [0.29, 0.717) is 24.0 Å². The SMILES string of the molecule is Cc1cnc(C(C)N2CC(=O)NC(CC(C)C)C2=O)o1. The summed E-state index contributed by atoms with van der Waals surface area (Å²) in [5.41, 5.74) is 0. The Bertz CT molecular complexity index is 510. The molecule has 2 amide bonds. The van der Waals surface area contributed by atoms with Gasteiger partial charge >= 0.3 is 0 Å². The van der Waals surface area contributed by atoms with Gasteiger partial charge in [0, 0.05) is 0 Å². The van der Waals surface area contributed by atoms with E-state index in [-0.39, 0.29) is 24.4 Å². The van der Waals surface area contributed by atoms with Crippen molar-refractivity contribution in [2.45, 2.75) is 46.2 Å². The average molecular weight is 279 g/mol. The van der Waals surface area contributed by atoms with Crippen LogP contribution in [0.3, 0.4) is 0 Å². The Hall–Kier alpha value is -1.85. The molecule has 0 aromatic carbocycles. The van der Waals surface area contributed by atoms with Crippen LogP contribution in [-0.2, 0) is 9.59 Å². The monoisotopic (exact) mass is 279 g/mol. The number of nitrogens with one attached hydrogen (secondary N) is 1. The molecule has 2 unspecified atom stereocenters. The standard InChI is InChI=1S/C14H21N3O3/c1-8(2)5-11-14(19)17(7-12(18)16-11)10(4)13-15-6-9(3)20-13/h6,8,10-11H,5,7H2,1-4H3,(H,16,18). The predicted molar refractivity (Wildman–Crippen MR) is 72.8 cm³/mol. The molecule has 20 heavy (non-hydrogen) atoms. The van der Waals surface area contributed by atoms with Crippen LogP contribution in [0.15, 0.2) is 10.6 Å². The van der Waals surface area contributed by atoms with E-state index in [0.717, 1.165) is 0 Å². The molecule has 2 heterocycles. The third kappa shape index (κ3) is 3.00. The molecule has 0 aliphatic carbocycles. The summed E-state index contributed by atoms with van der Waals surface area (Å²) in [6, 6.07) is -0.785. The summed E-state index contributed by atoms with van der Waals surface area (Å²) in [4.78, 5) is 29.9. The molecule has 6 heteroatoms. The Morgan fingerprint density at radius 2 is 2.15 bits per heavy atom. The molecule has 0 saturated carbocycles. The van der Waals surface area contributed by atoms with Crippen molar-refractivity contribution in [2.75, 3.05) is 6.54 Å². The predicted octanol–water partition coefficient (Wildman–Crippen LogP) is 1.42. The lowest BCUT2D eigenvalue weighted by Crippen LogP contribution is -2.58. The number of piperazine rings is 1. The first-order valence-electron chi connectivity index (χ1n) is 6.90. The van der Waals surface area contributed by atoms with Crippen LogP contribution in [0.25, 0.3) is 0 Å². The first-order chi connectivity index (χ1) is 9.38. The Morgan fingerprint density at radius 1 is 1.45 bits per heavy atom. The van der Waals surface area contributed by atoms with Gasteiger partial charge in [0.05, 0.1) is 6.20 Å². The van der Waals surface area contributed by atoms with Gasteiger partial charge < -0.3 is 14.6 Å². The van der Waals surface area contributed by atoms with Crippen molar-refractivity contribution in [1.29, 1.82) is 0 Å². The third-order valence-electron chi connectivity index (χ3n) is 3.40. The lowest BCUT2D eigenvalue weighted by molar-refractivity contribution is -0.147. The molecule has 0 bridgehead atoms. The number of aryl methyl sites for hydroxylation is 1. The summed E-state index contributed by atoms with van der Waals surface area (Å²) in [7, 11) is 0. The van der Waals surface area contributed by atoms with Crippen LogP contribution >= 0.6 is 0 Å². The van der Waals surface area contributed by atoms with Gasteiger partial charge in [0.15, 0.2) is 0 Å². The number of carbonyl (C=O) groups is 2. The molecule has 1 N–H and O–H groups in total. The van der Waals surface area contributed by atoms with E-state index in [1.165, 1.54) is 4.90 Å². The molecule has 6 nitrogen and oxygen atoms in total. The zero-order chi connectivity index (χ0) is 14.9. The maximum Gasteiger partial charge on any atom is 0.246 e. The van der Waals surface area contributed by atoms with Gasteiger partial charge in [0.25, 0.3) is 0 Å². The summed E-state index contributed by atoms with van der Waals surface area (Å²) in [5.74, 6) is 1.30. The van der Waals surface area contributed by atoms with Crippen LogP contribution in [0.5, 0.6) is 0 Å². The maximum absolute atomic E-state index is 12.5. The summed E-state index contributed by atoms with van der Waals surface area (Å²) in [6.45, 7) is 7.73. The zero-order valence-electron chi connectivity index (χ0n) is 12.3. The van der Waals surface area contributed by atoms with Crippen molar-refractivity contribution in [3.63, 3.8) is 0 Å². The molecule has 2 rings (SSSR count). The molecule has 110 valence electrons. The zero-order valence-corrected chi connectivity index (χ0v) is 12.3. The molecule has 2 atom stereocenters. The van der Waals surface area contributed by atoms with Crippen LogP contribution in [0.4, 0.5) is 0 Å². The van der Waals surface area contributed by atoms with E-state index in [1.807, 2.05) is 20.8 Å². The minimum Gasteiger partial charge on any atom is -0.444 e. The van der Waals surface area contributed by atoms with Gasteiger partial charge in [-0.2, -0.15) is 0 Å². The van der Waals surface area contributed by atoms with E-state index >= 15 is 0 Å². The Labute approximate surface area is 118 Å². The fourth-order valence-corrected chi connectivity index (χ4v) is 2.39. The van der Waals surface area contributed by atoms with Gasteiger partial charge in [-0.25, -0.2) is 4.98 Å². The number of oxazole rings is 1. The van der Waals surface area contributed by atoms with Gasteiger partial charge in [-0.15, -0.1) is 0 Å². The van der Waals surface area contributed by atoms with Crippen LogP contribution in [0, 0.1) is 12.8 Å². The van der Waals surface area contributed by atoms with Crippen LogP contribution in [-0.4, -0.2) is 34.3 Å². The van der Waals surface area contributed by atoms with Crippen LogP contribution in [0.2, 0.25) is 0 Å². The number of hydrogen-bond donors (Lipinski definition) is 1. The Balaban J connectivity index is 2.17. The summed E-state index contributed by atoms with van der Waals surface area (Å²) >= 11 is 0. The highest BCUT2D eigenvalue weighted by molar-refractivity contribution is 5.95. The van der Waals surface area contributed by atoms with Crippen molar-refractivity contribution < 1.29 is 14.0 Å². The molecule has 1 aromatic rings. The van der Waals surface area contributed by atoms with Crippen LogP contribution in [0.1, 0.15) is 44.9 Å². The highest BCUT2D eigenvalue weighted by atomic mass is 16.4. The first kappa shape index (κ1) is 14.6. The molecule has 0 spiro atoms. The Kier molecular flexibility index (Phi) is 4.11. The second-order valence-electron chi connectivity index (χ2n) is 5.70. The van der Waals surface area contributed by atoms with Gasteiger partial charge in [-0.3, -0.25) is 9.59 Å². The molecule has 1 aliphatic heterocycles. The quantitative estimate of drug-likeness (QED) is 0.904. The molecule has 0 radical (unpaired) electrons. The lowest BCUT2D eigenvalue weighted by atomic mass is 10.00. The number of hydrogen-bond acceptors (Lipinski definition) is 4. The minimum absolute atomic E-state index is 0.0516. The van der Waals surface area contributed by atoms with Gasteiger partial charge in [-0.1, -0.05) is 13.8 Å². The normalized spacial score (nSPS) is 21.2. The number of rotatable bonds is 4. The highest BCUT2D eigenvalue weighted by Crippen LogP contribution is 2.23. The second kappa shape index (κ2) is 5.64. The molecule has 1 saturated heterocycles. The number of amides is 2. The minimum atomic E-state index is -0.449. The topological polar surface area (TPSA) is 75.4 Å². The van der Waals surface area contributed by atoms with Crippen molar-refractivity contribution in [3.8, 4) is 0 Å². The largest absolute Gasteiger partial charge is 0.444 e. The summed E-state index contributed by atoms with van der Waals surface area (Å²) in [5, 5.41) is 2.76. The summed E-state index contributed by atoms with van der Waals surface area (Å²) < 4.78 is 5.46. The van der Waals surface area contributed by atoms with E-state index in [1.54, 1.807) is 13.1 Å². The molecular formula is C14H21N3O3. The fraction of sp³-hybridized carbons (Fsp3) is 0.643. The van der Waals surface area contributed by atoms with Gasteiger partial charge in [-0.05, 0) is 26.2 Å². The molecular weight excluding hydrogens is 258 g/mol. The third-order valence-corrected chi connectivity index (χ3v) is 3.40. The van der Waals surface area contributed by atoms with Crippen molar-refractivity contribution in [3.05, 3.63) is 17.8 Å². The molecule has 1 aromatic heterocycles. The smallest absolute Gasteiger partial charge is 0.246 e. The molecule has 1 fully saturated rings. The lowest BCUT2D eigenvalue weighted by Gasteiger charge is -2.35. The van der Waals surface area contributed by atoms with E-state index < -0.39 is 6.04 Å². The highest BCUT2D eigenvalue weighted by Gasteiger charge is 2.37. The van der Waals surface area contributed by atoms with E-state index in [4.69, 9.17) is 4.42 Å². The number of aromatic nitrogens is 1. The van der Waals surface area contributed by atoms with Crippen LogP contribution < -0.4 is 5.32 Å². The number of nitrogens with zero attached hydrogens (tertiary/aromatic N) is 2.